The van der Waals surface area contributed by atoms with Crippen LogP contribution in [0.5, 0.6) is 5.75 Å². The second-order valence-corrected chi connectivity index (χ2v) is 5.13. The van der Waals surface area contributed by atoms with Gasteiger partial charge in [-0.2, -0.15) is 0 Å². The molecule has 0 aliphatic rings. The second kappa shape index (κ2) is 6.45. The molecule has 0 saturated heterocycles. The van der Waals surface area contributed by atoms with E-state index in [2.05, 4.69) is 9.97 Å². The third kappa shape index (κ3) is 3.07. The van der Waals surface area contributed by atoms with E-state index in [1.807, 2.05) is 6.07 Å². The first-order valence-electron chi connectivity index (χ1n) is 7.24. The van der Waals surface area contributed by atoms with E-state index in [0.29, 0.717) is 35.6 Å². The third-order valence-electron chi connectivity index (χ3n) is 3.61. The number of imidazole rings is 1. The summed E-state index contributed by atoms with van der Waals surface area (Å²) >= 11 is 0. The lowest BCUT2D eigenvalue weighted by molar-refractivity contribution is -0.392. The molecular weight excluding hydrogens is 312 g/mol. The van der Waals surface area contributed by atoms with Crippen LogP contribution in [-0.4, -0.2) is 32.4 Å². The molecule has 0 unspecified atom stereocenters. The zero-order chi connectivity index (χ0) is 17.1. The lowest BCUT2D eigenvalue weighted by Crippen LogP contribution is -2.11. The van der Waals surface area contributed by atoms with Crippen molar-refractivity contribution in [3.05, 3.63) is 58.2 Å². The number of hydrogen-bond donors (Lipinski definition) is 0. The molecule has 0 saturated carbocycles. The average Bonchev–Trinajstić information content (AvgIpc) is 2.95. The van der Waals surface area contributed by atoms with Gasteiger partial charge in [-0.15, -0.1) is 0 Å². The summed E-state index contributed by atoms with van der Waals surface area (Å²) in [5, 5.41) is 11.8. The molecule has 3 aromatic rings. The molecule has 122 valence electrons. The summed E-state index contributed by atoms with van der Waals surface area (Å²) in [5.74, 6) is 1.14. The van der Waals surface area contributed by atoms with Gasteiger partial charge in [-0.3, -0.25) is 4.79 Å². The summed E-state index contributed by atoms with van der Waals surface area (Å²) < 4.78 is 7.16. The molecule has 8 nitrogen and oxygen atoms in total. The van der Waals surface area contributed by atoms with Crippen molar-refractivity contribution in [2.45, 2.75) is 13.5 Å². The molecule has 0 aliphatic heterocycles. The lowest BCUT2D eigenvalue weighted by atomic mass is 10.2. The number of rotatable bonds is 6. The number of carbonyl (C=O) groups excluding carboxylic acids is 1. The van der Waals surface area contributed by atoms with E-state index in [-0.39, 0.29) is 12.4 Å². The van der Waals surface area contributed by atoms with Gasteiger partial charge in [-0.25, -0.2) is 14.5 Å². The molecule has 0 radical (unpaired) electrons. The van der Waals surface area contributed by atoms with Crippen molar-refractivity contribution >= 4 is 23.0 Å². The Labute approximate surface area is 136 Å². The van der Waals surface area contributed by atoms with Gasteiger partial charge in [-0.1, -0.05) is 6.07 Å². The highest BCUT2D eigenvalue weighted by molar-refractivity contribution is 5.84. The summed E-state index contributed by atoms with van der Waals surface area (Å²) in [4.78, 5) is 29.3. The summed E-state index contributed by atoms with van der Waals surface area (Å²) in [5.41, 5.74) is 1.08. The van der Waals surface area contributed by atoms with Crippen LogP contribution in [0.3, 0.4) is 0 Å². The molecular formula is C16H14N4O4. The Morgan fingerprint density at radius 2 is 2.17 bits per heavy atom. The normalized spacial score (nSPS) is 10.7. The topological polar surface area (TPSA) is 100 Å². The van der Waals surface area contributed by atoms with Gasteiger partial charge in [0.1, 0.15) is 30.8 Å². The zero-order valence-corrected chi connectivity index (χ0v) is 12.9. The van der Waals surface area contributed by atoms with Crippen LogP contribution < -0.4 is 4.74 Å². The van der Waals surface area contributed by atoms with Gasteiger partial charge in [0.15, 0.2) is 12.1 Å². The number of fused-ring (bicyclic) bond motifs is 1. The number of carbonyl (C=O) groups is 1. The van der Waals surface area contributed by atoms with Gasteiger partial charge in [0, 0.05) is 12.3 Å². The number of aromatic nitrogens is 3. The monoisotopic (exact) mass is 326 g/mol. The van der Waals surface area contributed by atoms with Gasteiger partial charge in [0.2, 0.25) is 0 Å². The first kappa shape index (κ1) is 15.6. The van der Waals surface area contributed by atoms with Crippen LogP contribution >= 0.6 is 0 Å². The molecule has 8 heteroatoms. The van der Waals surface area contributed by atoms with E-state index < -0.39 is 4.92 Å². The van der Waals surface area contributed by atoms with Gasteiger partial charge >= 0.3 is 5.82 Å². The fraction of sp³-hybridized carbons (Fsp3) is 0.188. The van der Waals surface area contributed by atoms with Gasteiger partial charge < -0.3 is 14.9 Å². The first-order valence-corrected chi connectivity index (χ1v) is 7.24. The Kier molecular flexibility index (Phi) is 4.19. The Balaban J connectivity index is 1.71. The highest BCUT2D eigenvalue weighted by Gasteiger charge is 2.16. The molecule has 3 rings (SSSR count). The minimum absolute atomic E-state index is 0.0554. The molecule has 2 heterocycles. The number of pyridine rings is 1. The predicted octanol–water partition coefficient (Wildman–Crippen LogP) is 2.54. The van der Waals surface area contributed by atoms with Crippen LogP contribution in [0.1, 0.15) is 16.3 Å². The molecule has 0 aliphatic carbocycles. The lowest BCUT2D eigenvalue weighted by Gasteiger charge is -2.07. The van der Waals surface area contributed by atoms with Crippen LogP contribution in [0.15, 0.2) is 36.5 Å². The van der Waals surface area contributed by atoms with E-state index in [1.165, 1.54) is 10.8 Å². The van der Waals surface area contributed by atoms with Crippen LogP contribution in [0.25, 0.3) is 10.9 Å². The summed E-state index contributed by atoms with van der Waals surface area (Å²) in [6.45, 7) is 2.30. The summed E-state index contributed by atoms with van der Waals surface area (Å²) in [6, 6.07) is 8.76. The Hall–Kier alpha value is -3.29. The number of benzene rings is 1. The van der Waals surface area contributed by atoms with Crippen LogP contribution in [0, 0.1) is 17.0 Å². The largest absolute Gasteiger partial charge is 0.489 e. The predicted molar refractivity (Wildman–Crippen MR) is 86.2 cm³/mol. The highest BCUT2D eigenvalue weighted by Crippen LogP contribution is 2.20. The maximum Gasteiger partial charge on any atom is 0.342 e. The quantitative estimate of drug-likeness (QED) is 0.392. The Morgan fingerprint density at radius 3 is 2.92 bits per heavy atom. The van der Waals surface area contributed by atoms with Crippen molar-refractivity contribution in [2.75, 3.05) is 6.61 Å². The molecule has 1 aromatic carbocycles. The first-order chi connectivity index (χ1) is 11.6. The highest BCUT2D eigenvalue weighted by atomic mass is 16.6. The maximum atomic E-state index is 10.9. The van der Waals surface area contributed by atoms with Gasteiger partial charge in [-0.05, 0) is 29.2 Å². The van der Waals surface area contributed by atoms with E-state index >= 15 is 0 Å². The van der Waals surface area contributed by atoms with Gasteiger partial charge in [0.05, 0.1) is 5.52 Å². The molecule has 0 amide bonds. The molecule has 2 aromatic heterocycles. The Morgan fingerprint density at radius 1 is 1.33 bits per heavy atom. The fourth-order valence-corrected chi connectivity index (χ4v) is 2.41. The maximum absolute atomic E-state index is 10.9. The molecule has 0 fully saturated rings. The average molecular weight is 326 g/mol. The standard InChI is InChI=1S/C16H14N4O4/c1-11-17-9-16(20(22)23)19(11)6-7-24-14-4-5-15-12(8-14)2-3-13(10-21)18-15/h2-5,8-10H,6-7H2,1H3. The van der Waals surface area contributed by atoms with Crippen molar-refractivity contribution in [2.24, 2.45) is 0 Å². The zero-order valence-electron chi connectivity index (χ0n) is 12.9. The van der Waals surface area contributed by atoms with E-state index in [1.54, 1.807) is 31.2 Å². The minimum Gasteiger partial charge on any atom is -0.489 e. The van der Waals surface area contributed by atoms with E-state index in [9.17, 15) is 14.9 Å². The minimum atomic E-state index is -0.466. The molecule has 0 bridgehead atoms. The van der Waals surface area contributed by atoms with Crippen LogP contribution in [-0.2, 0) is 6.54 Å². The fourth-order valence-electron chi connectivity index (χ4n) is 2.41. The van der Waals surface area contributed by atoms with Crippen LogP contribution in [0.2, 0.25) is 0 Å². The van der Waals surface area contributed by atoms with E-state index in [4.69, 9.17) is 4.74 Å². The Bertz CT molecular complexity index is 920. The van der Waals surface area contributed by atoms with Crippen molar-refractivity contribution in [1.82, 2.24) is 14.5 Å². The smallest absolute Gasteiger partial charge is 0.342 e. The molecule has 0 spiro atoms. The number of nitrogens with zero attached hydrogens (tertiary/aromatic N) is 4. The number of nitro groups is 1. The molecule has 24 heavy (non-hydrogen) atoms. The van der Waals surface area contributed by atoms with Gasteiger partial charge in [0.25, 0.3) is 0 Å². The SMILES string of the molecule is Cc1ncc([N+](=O)[O-])n1CCOc1ccc2nc(C=O)ccc2c1. The van der Waals surface area contributed by atoms with Crippen molar-refractivity contribution in [3.8, 4) is 5.75 Å². The molecule has 0 N–H and O–H groups in total. The number of aldehydes is 1. The van der Waals surface area contributed by atoms with E-state index in [0.717, 1.165) is 5.39 Å². The van der Waals surface area contributed by atoms with Crippen LogP contribution in [0.4, 0.5) is 5.82 Å². The van der Waals surface area contributed by atoms with Crippen molar-refractivity contribution < 1.29 is 14.5 Å². The summed E-state index contributed by atoms with van der Waals surface area (Å²) in [7, 11) is 0. The second-order valence-electron chi connectivity index (χ2n) is 5.13. The van der Waals surface area contributed by atoms with Crippen molar-refractivity contribution in [1.29, 1.82) is 0 Å². The number of aryl methyl sites for hydroxylation is 1. The molecule has 0 atom stereocenters. The number of ether oxygens (including phenoxy) is 1. The summed E-state index contributed by atoms with van der Waals surface area (Å²) in [6.07, 6.45) is 1.94. The third-order valence-corrected chi connectivity index (χ3v) is 3.61. The number of hydrogen-bond acceptors (Lipinski definition) is 6. The van der Waals surface area contributed by atoms with Crippen molar-refractivity contribution in [3.63, 3.8) is 0 Å².